The maximum Gasteiger partial charge on any atom is 0.220 e. The molecular formula is C12H20O5. The molecule has 98 valence electrons. The molecule has 17 heavy (non-hydrogen) atoms. The molecule has 1 saturated heterocycles. The Balaban J connectivity index is 2.61. The molecule has 0 aromatic heterocycles. The fraction of sp³-hybridized carbons (Fsp3) is 0.833. The minimum absolute atomic E-state index is 0.225. The van der Waals surface area contributed by atoms with Crippen molar-refractivity contribution in [1.82, 2.24) is 0 Å². The highest BCUT2D eigenvalue weighted by Gasteiger charge is 2.53. The topological polar surface area (TPSA) is 46.2 Å². The van der Waals surface area contributed by atoms with Crippen LogP contribution in [0, 0.1) is 12.3 Å². The summed E-state index contributed by atoms with van der Waals surface area (Å²) >= 11 is 0. The van der Waals surface area contributed by atoms with Crippen molar-refractivity contribution in [2.75, 3.05) is 34.0 Å². The average molecular weight is 244 g/mol. The summed E-state index contributed by atoms with van der Waals surface area (Å²) in [6.07, 6.45) is 4.87. The van der Waals surface area contributed by atoms with E-state index in [1.807, 2.05) is 0 Å². The van der Waals surface area contributed by atoms with Gasteiger partial charge in [-0.25, -0.2) is 0 Å². The van der Waals surface area contributed by atoms with Gasteiger partial charge < -0.3 is 23.7 Å². The van der Waals surface area contributed by atoms with Gasteiger partial charge in [0.2, 0.25) is 11.6 Å². The van der Waals surface area contributed by atoms with Crippen LogP contribution >= 0.6 is 0 Å². The van der Waals surface area contributed by atoms with Crippen LogP contribution in [0.25, 0.3) is 0 Å². The molecule has 1 fully saturated rings. The zero-order valence-electron chi connectivity index (χ0n) is 10.8. The number of methoxy groups -OCH3 is 2. The van der Waals surface area contributed by atoms with Crippen molar-refractivity contribution in [2.24, 2.45) is 0 Å². The van der Waals surface area contributed by atoms with Crippen molar-refractivity contribution in [3.05, 3.63) is 0 Å². The molecule has 5 heteroatoms. The van der Waals surface area contributed by atoms with E-state index in [9.17, 15) is 0 Å². The summed E-state index contributed by atoms with van der Waals surface area (Å²) < 4.78 is 27.4. The molecule has 1 rings (SSSR count). The summed E-state index contributed by atoms with van der Waals surface area (Å²) in [7, 11) is 3.10. The first kappa shape index (κ1) is 14.4. The van der Waals surface area contributed by atoms with Crippen molar-refractivity contribution in [3.8, 4) is 12.3 Å². The first-order valence-corrected chi connectivity index (χ1v) is 5.44. The molecule has 5 nitrogen and oxygen atoms in total. The van der Waals surface area contributed by atoms with Crippen LogP contribution in [0.3, 0.4) is 0 Å². The molecule has 0 aromatic rings. The van der Waals surface area contributed by atoms with Gasteiger partial charge in [-0.15, -0.1) is 6.42 Å². The molecule has 0 unspecified atom stereocenters. The van der Waals surface area contributed by atoms with Crippen LogP contribution in [0.1, 0.15) is 13.8 Å². The number of rotatable bonds is 5. The van der Waals surface area contributed by atoms with Crippen LogP contribution in [0.15, 0.2) is 0 Å². The van der Waals surface area contributed by atoms with E-state index in [-0.39, 0.29) is 12.7 Å². The molecule has 0 N–H and O–H groups in total. The quantitative estimate of drug-likeness (QED) is 0.528. The Labute approximate surface area is 102 Å². The Kier molecular flexibility index (Phi) is 4.92. The standard InChI is InChI=1S/C12H20O5/c1-6-7-15-8-10-9-16-11(2,13-4)12(3,14-5)17-10/h1,10H,7-9H2,2-5H3/t10-,11+,12+/m0/s1. The normalized spacial score (nSPS) is 37.7. The third-order valence-electron chi connectivity index (χ3n) is 3.03. The van der Waals surface area contributed by atoms with Gasteiger partial charge in [0.25, 0.3) is 0 Å². The van der Waals surface area contributed by atoms with E-state index in [1.54, 1.807) is 28.1 Å². The molecule has 0 aromatic carbocycles. The molecule has 0 amide bonds. The highest BCUT2D eigenvalue weighted by atomic mass is 16.8. The lowest BCUT2D eigenvalue weighted by molar-refractivity contribution is -0.433. The van der Waals surface area contributed by atoms with Crippen molar-refractivity contribution in [3.63, 3.8) is 0 Å². The zero-order valence-corrected chi connectivity index (χ0v) is 10.8. The van der Waals surface area contributed by atoms with Crippen LogP contribution in [0.4, 0.5) is 0 Å². The number of hydrogen-bond acceptors (Lipinski definition) is 5. The van der Waals surface area contributed by atoms with E-state index in [1.165, 1.54) is 0 Å². The van der Waals surface area contributed by atoms with Gasteiger partial charge in [0, 0.05) is 14.2 Å². The molecule has 0 bridgehead atoms. The summed E-state index contributed by atoms with van der Waals surface area (Å²) in [5, 5.41) is 0. The lowest BCUT2D eigenvalue weighted by Crippen LogP contribution is -2.63. The fourth-order valence-corrected chi connectivity index (χ4v) is 1.65. The maximum atomic E-state index is 5.81. The molecule has 0 aliphatic carbocycles. The second-order valence-electron chi connectivity index (χ2n) is 4.07. The summed E-state index contributed by atoms with van der Waals surface area (Å²) in [4.78, 5) is 0. The first-order chi connectivity index (χ1) is 8.01. The molecule has 0 saturated carbocycles. The minimum Gasteiger partial charge on any atom is -0.366 e. The number of ether oxygens (including phenoxy) is 5. The largest absolute Gasteiger partial charge is 0.366 e. The molecule has 0 spiro atoms. The van der Waals surface area contributed by atoms with Gasteiger partial charge in [-0.2, -0.15) is 0 Å². The van der Waals surface area contributed by atoms with Gasteiger partial charge in [0.05, 0.1) is 13.2 Å². The van der Waals surface area contributed by atoms with Crippen LogP contribution < -0.4 is 0 Å². The van der Waals surface area contributed by atoms with E-state index in [0.29, 0.717) is 13.2 Å². The van der Waals surface area contributed by atoms with Crippen LogP contribution in [-0.4, -0.2) is 51.7 Å². The van der Waals surface area contributed by atoms with E-state index >= 15 is 0 Å². The molecule has 1 heterocycles. The maximum absolute atomic E-state index is 5.81. The van der Waals surface area contributed by atoms with Crippen molar-refractivity contribution in [2.45, 2.75) is 31.5 Å². The third kappa shape index (κ3) is 2.97. The fourth-order valence-electron chi connectivity index (χ4n) is 1.65. The molecule has 1 aliphatic rings. The Morgan fingerprint density at radius 2 is 1.94 bits per heavy atom. The molecule has 0 radical (unpaired) electrons. The highest BCUT2D eigenvalue weighted by Crippen LogP contribution is 2.36. The van der Waals surface area contributed by atoms with Crippen LogP contribution in [0.5, 0.6) is 0 Å². The van der Waals surface area contributed by atoms with E-state index in [4.69, 9.17) is 30.1 Å². The summed E-state index contributed by atoms with van der Waals surface area (Å²) in [5.74, 6) is 0.473. The van der Waals surface area contributed by atoms with Crippen LogP contribution in [0.2, 0.25) is 0 Å². The Morgan fingerprint density at radius 1 is 1.29 bits per heavy atom. The van der Waals surface area contributed by atoms with Gasteiger partial charge in [0.15, 0.2) is 0 Å². The number of terminal acetylenes is 1. The molecular weight excluding hydrogens is 224 g/mol. The van der Waals surface area contributed by atoms with Gasteiger partial charge in [-0.05, 0) is 13.8 Å². The van der Waals surface area contributed by atoms with E-state index in [0.717, 1.165) is 0 Å². The van der Waals surface area contributed by atoms with Gasteiger partial charge >= 0.3 is 0 Å². The lowest BCUT2D eigenvalue weighted by atomic mass is 10.1. The molecule has 1 aliphatic heterocycles. The lowest BCUT2D eigenvalue weighted by Gasteiger charge is -2.48. The summed E-state index contributed by atoms with van der Waals surface area (Å²) in [5.41, 5.74) is 0. The Hall–Kier alpha value is -0.640. The summed E-state index contributed by atoms with van der Waals surface area (Å²) in [6.45, 7) is 4.53. The predicted octanol–water partition coefficient (Wildman–Crippen LogP) is 0.777. The Bertz CT molecular complexity index is 287. The highest BCUT2D eigenvalue weighted by molar-refractivity contribution is 4.87. The minimum atomic E-state index is -0.982. The smallest absolute Gasteiger partial charge is 0.220 e. The first-order valence-electron chi connectivity index (χ1n) is 5.44. The number of hydrogen-bond donors (Lipinski definition) is 0. The second-order valence-corrected chi connectivity index (χ2v) is 4.07. The third-order valence-corrected chi connectivity index (χ3v) is 3.03. The second kappa shape index (κ2) is 5.80. The van der Waals surface area contributed by atoms with Crippen molar-refractivity contribution >= 4 is 0 Å². The van der Waals surface area contributed by atoms with Gasteiger partial charge in [-0.3, -0.25) is 0 Å². The average Bonchev–Trinajstić information content (AvgIpc) is 2.34. The van der Waals surface area contributed by atoms with Gasteiger partial charge in [-0.1, -0.05) is 5.92 Å². The predicted molar refractivity (Wildman–Crippen MR) is 61.3 cm³/mol. The SMILES string of the molecule is C#CCOC[C@H]1CO[C@@](C)(OC)[C@](C)(OC)O1. The van der Waals surface area contributed by atoms with E-state index in [2.05, 4.69) is 5.92 Å². The monoisotopic (exact) mass is 244 g/mol. The Morgan fingerprint density at radius 3 is 2.47 bits per heavy atom. The summed E-state index contributed by atoms with van der Waals surface area (Å²) in [6, 6.07) is 0. The van der Waals surface area contributed by atoms with Crippen molar-refractivity contribution < 1.29 is 23.7 Å². The van der Waals surface area contributed by atoms with Crippen LogP contribution in [-0.2, 0) is 23.7 Å². The zero-order chi connectivity index (χ0) is 12.9. The van der Waals surface area contributed by atoms with Gasteiger partial charge in [0.1, 0.15) is 12.7 Å². The molecule has 3 atom stereocenters. The van der Waals surface area contributed by atoms with E-state index < -0.39 is 11.6 Å². The van der Waals surface area contributed by atoms with Crippen molar-refractivity contribution in [1.29, 1.82) is 0 Å².